The van der Waals surface area contributed by atoms with Crippen LogP contribution in [0.25, 0.3) is 0 Å². The highest BCUT2D eigenvalue weighted by molar-refractivity contribution is 7.98. The van der Waals surface area contributed by atoms with Crippen molar-refractivity contribution in [2.45, 2.75) is 65.0 Å². The summed E-state index contributed by atoms with van der Waals surface area (Å²) >= 11 is 1.71. The van der Waals surface area contributed by atoms with Crippen molar-refractivity contribution in [2.75, 3.05) is 30.0 Å². The summed E-state index contributed by atoms with van der Waals surface area (Å²) in [6.45, 7) is 5.85. The highest BCUT2D eigenvalue weighted by Crippen LogP contribution is 2.26. The first kappa shape index (κ1) is 23.7. The van der Waals surface area contributed by atoms with Crippen LogP contribution in [0.5, 0.6) is 0 Å². The number of carbonyl (C=O) groups excluding carboxylic acids is 2. The van der Waals surface area contributed by atoms with E-state index >= 15 is 0 Å². The van der Waals surface area contributed by atoms with E-state index in [0.717, 1.165) is 62.2 Å². The van der Waals surface area contributed by atoms with E-state index in [1.54, 1.807) is 11.8 Å². The van der Waals surface area contributed by atoms with Gasteiger partial charge >= 0.3 is 0 Å². The fourth-order valence-corrected chi connectivity index (χ4v) is 4.24. The van der Waals surface area contributed by atoms with Crippen LogP contribution < -0.4 is 10.6 Å². The molecule has 6 heteroatoms. The lowest BCUT2D eigenvalue weighted by Crippen LogP contribution is -2.44. The average molecular weight is 420 g/mol. The molecule has 1 aromatic rings. The monoisotopic (exact) mass is 419 g/mol. The third-order valence-electron chi connectivity index (χ3n) is 5.48. The van der Waals surface area contributed by atoms with Crippen LogP contribution in [0.1, 0.15) is 57.9 Å². The lowest BCUT2D eigenvalue weighted by atomic mass is 10.0. The third-order valence-corrected chi connectivity index (χ3v) is 6.12. The molecule has 0 spiro atoms. The minimum absolute atomic E-state index is 0.0210. The first-order chi connectivity index (χ1) is 14.0. The number of thioether (sulfide) groups is 1. The molecule has 2 N–H and O–H groups in total. The summed E-state index contributed by atoms with van der Waals surface area (Å²) < 4.78 is 0. The molecule has 0 saturated heterocycles. The molecule has 1 heterocycles. The number of hydrogen-bond donors (Lipinski definition) is 1. The minimum Gasteiger partial charge on any atom is -0.337 e. The van der Waals surface area contributed by atoms with Crippen molar-refractivity contribution in [1.82, 2.24) is 4.90 Å². The maximum atomic E-state index is 13.1. The Bertz CT molecular complexity index is 665. The Labute approximate surface area is 180 Å². The molecule has 0 saturated carbocycles. The number of anilines is 1. The molecule has 0 aromatic heterocycles. The fraction of sp³-hybridized carbons (Fsp3) is 0.652. The van der Waals surface area contributed by atoms with Crippen molar-refractivity contribution < 1.29 is 9.59 Å². The Morgan fingerprint density at radius 1 is 1.03 bits per heavy atom. The fourth-order valence-electron chi connectivity index (χ4n) is 3.75. The molecule has 1 aromatic carbocycles. The Morgan fingerprint density at radius 3 is 2.38 bits per heavy atom. The van der Waals surface area contributed by atoms with Crippen LogP contribution in [0, 0.1) is 5.92 Å². The first-order valence-electron chi connectivity index (χ1n) is 10.9. The largest absolute Gasteiger partial charge is 0.337 e. The number of hydrogen-bond acceptors (Lipinski definition) is 4. The Balaban J connectivity index is 2.33. The van der Waals surface area contributed by atoms with Crippen molar-refractivity contribution in [3.8, 4) is 0 Å². The molecule has 0 unspecified atom stereocenters. The van der Waals surface area contributed by atoms with Crippen LogP contribution in [-0.2, 0) is 16.1 Å². The summed E-state index contributed by atoms with van der Waals surface area (Å²) in [5.74, 6) is 0.985. The van der Waals surface area contributed by atoms with Gasteiger partial charge in [0.1, 0.15) is 0 Å². The quantitative estimate of drug-likeness (QED) is 0.782. The number of rotatable bonds is 5. The van der Waals surface area contributed by atoms with E-state index in [-0.39, 0.29) is 17.7 Å². The SMILES string of the molecule is CSCC[C@H](N)C(=O)N1CCCCCCCN(C(=O)C(C)C)c2ccccc2C1. The smallest absolute Gasteiger partial charge is 0.239 e. The van der Waals surface area contributed by atoms with E-state index in [2.05, 4.69) is 0 Å². The zero-order valence-electron chi connectivity index (χ0n) is 18.2. The van der Waals surface area contributed by atoms with Crippen LogP contribution in [0.2, 0.25) is 0 Å². The summed E-state index contributed by atoms with van der Waals surface area (Å²) in [5.41, 5.74) is 8.17. The zero-order valence-corrected chi connectivity index (χ0v) is 19.0. The van der Waals surface area contributed by atoms with E-state index in [9.17, 15) is 9.59 Å². The van der Waals surface area contributed by atoms with Crippen molar-refractivity contribution in [3.63, 3.8) is 0 Å². The van der Waals surface area contributed by atoms with Gasteiger partial charge in [-0.05, 0) is 42.9 Å². The van der Waals surface area contributed by atoms with Gasteiger partial charge in [-0.1, -0.05) is 51.3 Å². The summed E-state index contributed by atoms with van der Waals surface area (Å²) in [6, 6.07) is 7.55. The molecule has 29 heavy (non-hydrogen) atoms. The van der Waals surface area contributed by atoms with Gasteiger partial charge in [-0.15, -0.1) is 0 Å². The maximum Gasteiger partial charge on any atom is 0.239 e. The number of nitrogens with zero attached hydrogens (tertiary/aromatic N) is 2. The van der Waals surface area contributed by atoms with Gasteiger partial charge in [0.25, 0.3) is 0 Å². The lowest BCUT2D eigenvalue weighted by Gasteiger charge is -2.31. The number of fused-ring (bicyclic) bond motifs is 1. The molecule has 0 aliphatic carbocycles. The van der Waals surface area contributed by atoms with Crippen molar-refractivity contribution in [3.05, 3.63) is 29.8 Å². The molecular formula is C23H37N3O2S. The predicted octanol–water partition coefficient (Wildman–Crippen LogP) is 4.05. The number of nitrogens with two attached hydrogens (primary N) is 1. The lowest BCUT2D eigenvalue weighted by molar-refractivity contribution is -0.133. The van der Waals surface area contributed by atoms with Crippen LogP contribution in [0.15, 0.2) is 24.3 Å². The second kappa shape index (κ2) is 12.2. The van der Waals surface area contributed by atoms with Crippen LogP contribution in [-0.4, -0.2) is 47.9 Å². The molecule has 5 nitrogen and oxygen atoms in total. The van der Waals surface area contributed by atoms with E-state index in [0.29, 0.717) is 13.0 Å². The molecule has 1 aliphatic heterocycles. The zero-order chi connectivity index (χ0) is 21.2. The molecule has 162 valence electrons. The number of benzene rings is 1. The molecule has 2 rings (SSSR count). The Morgan fingerprint density at radius 2 is 1.69 bits per heavy atom. The standard InChI is InChI=1S/C23H37N3O2S/c1-18(2)22(27)26-15-10-6-4-5-9-14-25(23(28)20(24)13-16-29-3)17-19-11-7-8-12-21(19)26/h7-8,11-12,18,20H,4-6,9-10,13-17,24H2,1-3H3/t20-/m0/s1. The number of amides is 2. The number of carbonyl (C=O) groups is 2. The van der Waals surface area contributed by atoms with E-state index < -0.39 is 6.04 Å². The molecule has 0 radical (unpaired) electrons. The van der Waals surface area contributed by atoms with Gasteiger partial charge < -0.3 is 15.5 Å². The van der Waals surface area contributed by atoms with Crippen LogP contribution >= 0.6 is 11.8 Å². The Hall–Kier alpha value is -1.53. The molecule has 2 amide bonds. The summed E-state index contributed by atoms with van der Waals surface area (Å²) in [7, 11) is 0. The molecule has 1 atom stereocenters. The van der Waals surface area contributed by atoms with Crippen LogP contribution in [0.4, 0.5) is 5.69 Å². The summed E-state index contributed by atoms with van der Waals surface area (Å²) in [4.78, 5) is 29.8. The highest BCUT2D eigenvalue weighted by Gasteiger charge is 2.25. The third kappa shape index (κ3) is 7.03. The van der Waals surface area contributed by atoms with Gasteiger partial charge in [0.2, 0.25) is 11.8 Å². The highest BCUT2D eigenvalue weighted by atomic mass is 32.2. The molecule has 0 fully saturated rings. The van der Waals surface area contributed by atoms with Crippen molar-refractivity contribution in [1.29, 1.82) is 0 Å². The number of para-hydroxylation sites is 1. The summed E-state index contributed by atoms with van der Waals surface area (Å²) in [5, 5.41) is 0. The van der Waals surface area contributed by atoms with Gasteiger partial charge in [0, 0.05) is 31.2 Å². The van der Waals surface area contributed by atoms with E-state index in [4.69, 9.17) is 5.73 Å². The van der Waals surface area contributed by atoms with Gasteiger partial charge in [0.15, 0.2) is 0 Å². The van der Waals surface area contributed by atoms with Crippen LogP contribution in [0.3, 0.4) is 0 Å². The second-order valence-electron chi connectivity index (χ2n) is 8.19. The van der Waals surface area contributed by atoms with Gasteiger partial charge in [0.05, 0.1) is 6.04 Å². The molecule has 1 aliphatic rings. The van der Waals surface area contributed by atoms with E-state index in [1.165, 1.54) is 0 Å². The topological polar surface area (TPSA) is 66.6 Å². The van der Waals surface area contributed by atoms with Crippen molar-refractivity contribution >= 4 is 29.3 Å². The first-order valence-corrected chi connectivity index (χ1v) is 12.3. The van der Waals surface area contributed by atoms with Gasteiger partial charge in [-0.2, -0.15) is 11.8 Å². The van der Waals surface area contributed by atoms with Gasteiger partial charge in [-0.25, -0.2) is 0 Å². The molecule has 0 bridgehead atoms. The average Bonchev–Trinajstić information content (AvgIpc) is 2.71. The normalized spacial score (nSPS) is 17.3. The second-order valence-corrected chi connectivity index (χ2v) is 9.17. The van der Waals surface area contributed by atoms with Crippen molar-refractivity contribution in [2.24, 2.45) is 11.7 Å². The minimum atomic E-state index is -0.462. The maximum absolute atomic E-state index is 13.1. The van der Waals surface area contributed by atoms with E-state index in [1.807, 2.05) is 54.2 Å². The molecular weight excluding hydrogens is 382 g/mol. The predicted molar refractivity (Wildman–Crippen MR) is 123 cm³/mol. The summed E-state index contributed by atoms with van der Waals surface area (Å²) in [6.07, 6.45) is 8.06. The van der Waals surface area contributed by atoms with Gasteiger partial charge in [-0.3, -0.25) is 9.59 Å². The Kier molecular flexibility index (Phi) is 10.0.